The summed E-state index contributed by atoms with van der Waals surface area (Å²) in [6.07, 6.45) is 26.7. The second-order valence-electron chi connectivity index (χ2n) is 35.3. The Morgan fingerprint density at radius 2 is 0.467 bits per heavy atom. The monoisotopic (exact) mass is 1250 g/mol. The summed E-state index contributed by atoms with van der Waals surface area (Å²) in [4.78, 5) is 53.6. The molecule has 12 nitrogen and oxygen atoms in total. The minimum atomic E-state index is -0.256. The molecule has 0 aliphatic heterocycles. The molecule has 0 radical (unpaired) electrons. The van der Waals surface area contributed by atoms with Gasteiger partial charge in [0.15, 0.2) is 0 Å². The fraction of sp³-hybridized carbons (Fsp3) is 0.650. The summed E-state index contributed by atoms with van der Waals surface area (Å²) in [5, 5.41) is 53.6. The Bertz CT molecular complexity index is 3160. The molecule has 0 spiro atoms. The van der Waals surface area contributed by atoms with Gasteiger partial charge in [-0.2, -0.15) is 0 Å². The fourth-order valence-electron chi connectivity index (χ4n) is 27.7. The molecule has 21 rings (SSSR count). The van der Waals surface area contributed by atoms with Crippen LogP contribution in [0.5, 0.6) is 23.0 Å². The van der Waals surface area contributed by atoms with Gasteiger partial charge in [0, 0.05) is 25.7 Å². The van der Waals surface area contributed by atoms with Crippen molar-refractivity contribution in [2.24, 2.45) is 69.0 Å². The van der Waals surface area contributed by atoms with E-state index in [1.807, 2.05) is 0 Å². The zero-order valence-electron chi connectivity index (χ0n) is 54.9. The molecule has 488 valence electrons. The molecule has 4 N–H and O–H groups in total. The van der Waals surface area contributed by atoms with Crippen LogP contribution in [-0.4, -0.2) is 72.7 Å². The molecule has 92 heavy (non-hydrogen) atoms. The van der Waals surface area contributed by atoms with E-state index in [4.69, 9.17) is 18.9 Å². The summed E-state index contributed by atoms with van der Waals surface area (Å²) in [6.45, 7) is 0. The third-order valence-electron chi connectivity index (χ3n) is 28.8. The average molecular weight is 1250 g/mol. The van der Waals surface area contributed by atoms with Crippen molar-refractivity contribution < 1.29 is 58.6 Å². The highest BCUT2D eigenvalue weighted by molar-refractivity contribution is 5.72. The first kappa shape index (κ1) is 59.7. The minimum absolute atomic E-state index is 0.155. The molecule has 8 unspecified atom stereocenters. The highest BCUT2D eigenvalue weighted by Gasteiger charge is 2.63. The van der Waals surface area contributed by atoms with Crippen molar-refractivity contribution in [3.05, 3.63) is 115 Å². The SMILES string of the molecule is COC(=O)CC12CC3CC(C1)CC(c1cc4c(O)c(c1)Cc1cc(C56CC7CC(CC(CC(=O)OC)(C7)C5)C6)cc(c1O)Cc1cc(C56CC7CC(CC(CC(=O)OC)(C7)C5)C6)cc(c1O)Cc1cc(C56CC7CC(CC(CC(=O)OC)(C7)C5)C6)cc(c1O)C4)(C3)C2. The number of phenols is 4. The van der Waals surface area contributed by atoms with Crippen LogP contribution in [0.2, 0.25) is 0 Å². The van der Waals surface area contributed by atoms with Crippen LogP contribution in [0, 0.1) is 69.0 Å². The highest BCUT2D eigenvalue weighted by Crippen LogP contribution is 2.72. The van der Waals surface area contributed by atoms with E-state index in [1.165, 1.54) is 50.7 Å². The van der Waals surface area contributed by atoms with Crippen molar-refractivity contribution in [2.45, 2.75) is 227 Å². The molecule has 16 fully saturated rings. The van der Waals surface area contributed by atoms with E-state index in [-0.39, 0.29) is 116 Å². The maximum Gasteiger partial charge on any atom is 0.306 e. The van der Waals surface area contributed by atoms with Gasteiger partial charge in [0.2, 0.25) is 0 Å². The molecule has 24 bridgehead atoms. The number of rotatable bonds is 12. The number of phenolic OH excluding ortho intramolecular Hbond substituents is 4. The van der Waals surface area contributed by atoms with E-state index >= 15 is 0 Å². The molecule has 0 heterocycles. The number of esters is 4. The second kappa shape index (κ2) is 20.7. The molecule has 4 aromatic rings. The number of carbonyl (C=O) groups excluding carboxylic acids is 4. The first-order chi connectivity index (χ1) is 44.0. The van der Waals surface area contributed by atoms with Gasteiger partial charge in [-0.05, 0) is 312 Å². The van der Waals surface area contributed by atoms with Crippen LogP contribution in [0.1, 0.15) is 247 Å². The van der Waals surface area contributed by atoms with Crippen LogP contribution < -0.4 is 0 Å². The van der Waals surface area contributed by atoms with Crippen molar-refractivity contribution in [3.63, 3.8) is 0 Å². The topological polar surface area (TPSA) is 186 Å². The van der Waals surface area contributed by atoms with Crippen molar-refractivity contribution in [3.8, 4) is 23.0 Å². The van der Waals surface area contributed by atoms with Crippen molar-refractivity contribution in [1.82, 2.24) is 0 Å². The Labute approximate surface area is 542 Å². The van der Waals surface area contributed by atoms with E-state index in [9.17, 15) is 39.6 Å². The van der Waals surface area contributed by atoms with Crippen molar-refractivity contribution in [2.75, 3.05) is 28.4 Å². The maximum atomic E-state index is 13.4. The van der Waals surface area contributed by atoms with Gasteiger partial charge in [-0.1, -0.05) is 48.5 Å². The molecule has 0 aromatic heterocycles. The van der Waals surface area contributed by atoms with Crippen LogP contribution in [-0.2, 0) is 85.5 Å². The summed E-state index contributed by atoms with van der Waals surface area (Å²) in [7, 11) is 6.01. The lowest BCUT2D eigenvalue weighted by molar-refractivity contribution is -0.151. The van der Waals surface area contributed by atoms with Gasteiger partial charge in [-0.25, -0.2) is 0 Å². The summed E-state index contributed by atoms with van der Waals surface area (Å²) >= 11 is 0. The highest BCUT2D eigenvalue weighted by atomic mass is 16.5. The molecule has 0 amide bonds. The Balaban J connectivity index is 0.872. The Morgan fingerprint density at radius 1 is 0.304 bits per heavy atom. The molecular formula is C80H96O12. The predicted molar refractivity (Wildman–Crippen MR) is 345 cm³/mol. The van der Waals surface area contributed by atoms with E-state index in [2.05, 4.69) is 48.5 Å². The van der Waals surface area contributed by atoms with Crippen molar-refractivity contribution in [1.29, 1.82) is 0 Å². The van der Waals surface area contributed by atoms with Gasteiger partial charge in [-0.15, -0.1) is 0 Å². The van der Waals surface area contributed by atoms with Gasteiger partial charge in [0.05, 0.1) is 54.1 Å². The number of ether oxygens (including phenoxy) is 4. The summed E-state index contributed by atoms with van der Waals surface area (Å²) in [6, 6.07) is 18.0. The maximum absolute atomic E-state index is 13.4. The molecule has 12 heteroatoms. The third-order valence-corrected chi connectivity index (χ3v) is 28.8. The van der Waals surface area contributed by atoms with E-state index in [0.29, 0.717) is 73.0 Å². The molecule has 0 saturated heterocycles. The largest absolute Gasteiger partial charge is 0.507 e. The molecule has 17 aliphatic carbocycles. The summed E-state index contributed by atoms with van der Waals surface area (Å²) in [5.41, 5.74) is 8.73. The normalized spacial score (nSPS) is 39.2. The predicted octanol–water partition coefficient (Wildman–Crippen LogP) is 14.8. The number of benzene rings is 4. The lowest BCUT2D eigenvalue weighted by Crippen LogP contribution is -2.54. The number of hydrogen-bond donors (Lipinski definition) is 4. The van der Waals surface area contributed by atoms with Gasteiger partial charge >= 0.3 is 23.9 Å². The standard InChI is InChI=1S/C80H96O12/c1-89-65(81)37-73-21-45-5-46(22-73)30-77(29-45,41-73)61-13-53-9-55-15-62(78-31-47-6-48(32-78)24-74(23-47,42-78)38-66(82)90-2)17-57(70(55)86)11-59-19-64(80-35-51-8-52(36-80)28-76(27-51,44-80)40-68(84)92-4)20-60(72(59)88)12-58-18-63(16-56(71(58)87)10-54(14-61)69(53)85)79-33-49-7-50(34-79)26-75(25-49,43-79)39-67(83)91-3/h13-20,45-52,85-88H,5-12,21-44H2,1-4H3. The van der Waals surface area contributed by atoms with Crippen LogP contribution in [0.25, 0.3) is 0 Å². The first-order valence-corrected chi connectivity index (χ1v) is 35.7. The minimum Gasteiger partial charge on any atom is -0.507 e. The summed E-state index contributed by atoms with van der Waals surface area (Å²) < 4.78 is 21.7. The van der Waals surface area contributed by atoms with Crippen LogP contribution >= 0.6 is 0 Å². The lowest BCUT2D eigenvalue weighted by Gasteiger charge is -2.62. The molecular weight excluding hydrogens is 1150 g/mol. The molecule has 16 saturated carbocycles. The van der Waals surface area contributed by atoms with E-state index in [0.717, 1.165) is 199 Å². The van der Waals surface area contributed by atoms with E-state index < -0.39 is 0 Å². The van der Waals surface area contributed by atoms with Gasteiger partial charge in [-0.3, -0.25) is 19.2 Å². The van der Waals surface area contributed by atoms with Gasteiger partial charge < -0.3 is 39.4 Å². The Morgan fingerprint density at radius 3 is 0.620 bits per heavy atom. The zero-order chi connectivity index (χ0) is 63.3. The number of aromatic hydroxyl groups is 4. The second-order valence-corrected chi connectivity index (χ2v) is 35.3. The van der Waals surface area contributed by atoms with Crippen LogP contribution in [0.4, 0.5) is 0 Å². The number of fused-ring (bicyclic) bond motifs is 8. The van der Waals surface area contributed by atoms with Crippen LogP contribution in [0.3, 0.4) is 0 Å². The Kier molecular flexibility index (Phi) is 13.5. The Hall–Kier alpha value is -6.04. The number of methoxy groups -OCH3 is 4. The fourth-order valence-corrected chi connectivity index (χ4v) is 27.7. The zero-order valence-corrected chi connectivity index (χ0v) is 54.9. The third kappa shape index (κ3) is 9.55. The number of hydrogen-bond acceptors (Lipinski definition) is 12. The van der Waals surface area contributed by atoms with Crippen LogP contribution in [0.15, 0.2) is 48.5 Å². The van der Waals surface area contributed by atoms with Gasteiger partial charge in [0.1, 0.15) is 23.0 Å². The van der Waals surface area contributed by atoms with Gasteiger partial charge in [0.25, 0.3) is 0 Å². The molecule has 8 atom stereocenters. The smallest absolute Gasteiger partial charge is 0.306 e. The first-order valence-electron chi connectivity index (χ1n) is 35.7. The quantitative estimate of drug-likeness (QED) is 0.0685. The average Bonchev–Trinajstić information content (AvgIpc) is 0.732. The summed E-state index contributed by atoms with van der Waals surface area (Å²) in [5.74, 6) is 3.73. The molecule has 4 aromatic carbocycles. The lowest BCUT2D eigenvalue weighted by atomic mass is 9.42. The van der Waals surface area contributed by atoms with E-state index in [1.54, 1.807) is 0 Å². The molecule has 17 aliphatic rings. The number of carbonyl (C=O) groups is 4. The van der Waals surface area contributed by atoms with Crippen molar-refractivity contribution >= 4 is 23.9 Å².